The maximum Gasteiger partial charge on any atom is 0.268 e. The van der Waals surface area contributed by atoms with Crippen molar-refractivity contribution in [1.29, 1.82) is 5.26 Å². The predicted molar refractivity (Wildman–Crippen MR) is 98.1 cm³/mol. The Hall–Kier alpha value is -3.59. The zero-order chi connectivity index (χ0) is 18.3. The standard InChI is InChI=1S/C20H16N4O2/c1-12-11-22-20(26)18-8-14-4-5-15(9-17(14)24(12)18)19(25)23-16-6-2-13(10-21)3-7-16/h2-9,12H,11H2,1H3,(H,22,26)(H,23,25). The van der Waals surface area contributed by atoms with E-state index in [4.69, 9.17) is 5.26 Å². The highest BCUT2D eigenvalue weighted by Gasteiger charge is 2.24. The molecule has 4 rings (SSSR count). The van der Waals surface area contributed by atoms with Gasteiger partial charge in [0, 0.05) is 34.7 Å². The second-order valence-corrected chi connectivity index (χ2v) is 6.38. The van der Waals surface area contributed by atoms with Crippen molar-refractivity contribution in [1.82, 2.24) is 9.88 Å². The van der Waals surface area contributed by atoms with E-state index < -0.39 is 0 Å². The van der Waals surface area contributed by atoms with Gasteiger partial charge in [0.05, 0.1) is 11.6 Å². The molecule has 0 fully saturated rings. The lowest BCUT2D eigenvalue weighted by Crippen LogP contribution is -2.37. The Morgan fingerprint density at radius 1 is 1.23 bits per heavy atom. The van der Waals surface area contributed by atoms with Crippen LogP contribution in [-0.2, 0) is 0 Å². The topological polar surface area (TPSA) is 86.9 Å². The van der Waals surface area contributed by atoms with Gasteiger partial charge in [0.2, 0.25) is 0 Å². The van der Waals surface area contributed by atoms with Gasteiger partial charge in [-0.3, -0.25) is 9.59 Å². The van der Waals surface area contributed by atoms with E-state index in [1.807, 2.05) is 35.8 Å². The number of hydrogen-bond donors (Lipinski definition) is 2. The van der Waals surface area contributed by atoms with Gasteiger partial charge in [-0.1, -0.05) is 6.07 Å². The van der Waals surface area contributed by atoms with Crippen LogP contribution in [0.1, 0.15) is 39.4 Å². The highest BCUT2D eigenvalue weighted by molar-refractivity contribution is 6.07. The van der Waals surface area contributed by atoms with Crippen LogP contribution < -0.4 is 10.6 Å². The molecule has 2 N–H and O–H groups in total. The fraction of sp³-hybridized carbons (Fsp3) is 0.150. The minimum absolute atomic E-state index is 0.0946. The second kappa shape index (κ2) is 6.05. The number of hydrogen-bond acceptors (Lipinski definition) is 3. The Labute approximate surface area is 150 Å². The minimum Gasteiger partial charge on any atom is -0.349 e. The van der Waals surface area contributed by atoms with Crippen molar-refractivity contribution >= 4 is 28.4 Å². The van der Waals surface area contributed by atoms with Crippen LogP contribution in [0.5, 0.6) is 0 Å². The SMILES string of the molecule is CC1CNC(=O)c2cc3ccc(C(=O)Nc4ccc(C#N)cc4)cc3n21. The lowest BCUT2D eigenvalue weighted by atomic mass is 10.1. The second-order valence-electron chi connectivity index (χ2n) is 6.38. The number of anilines is 1. The Bertz CT molecular complexity index is 1070. The molecule has 0 spiro atoms. The molecule has 0 aliphatic carbocycles. The Balaban J connectivity index is 1.68. The number of rotatable bonds is 2. The van der Waals surface area contributed by atoms with Crippen LogP contribution in [0.2, 0.25) is 0 Å². The number of aromatic nitrogens is 1. The Morgan fingerprint density at radius 2 is 2.00 bits per heavy atom. The molecule has 1 unspecified atom stereocenters. The summed E-state index contributed by atoms with van der Waals surface area (Å²) in [6.45, 7) is 2.60. The summed E-state index contributed by atoms with van der Waals surface area (Å²) in [4.78, 5) is 24.7. The number of nitrogens with zero attached hydrogens (tertiary/aromatic N) is 2. The van der Waals surface area contributed by atoms with Crippen LogP contribution in [0, 0.1) is 11.3 Å². The van der Waals surface area contributed by atoms with E-state index in [2.05, 4.69) is 10.6 Å². The lowest BCUT2D eigenvalue weighted by Gasteiger charge is -2.24. The Kier molecular flexibility index (Phi) is 3.70. The van der Waals surface area contributed by atoms with Crippen molar-refractivity contribution in [2.75, 3.05) is 11.9 Å². The number of nitriles is 1. The molecule has 1 aliphatic heterocycles. The van der Waals surface area contributed by atoms with Gasteiger partial charge < -0.3 is 15.2 Å². The molecule has 128 valence electrons. The number of carbonyl (C=O) groups is 2. The normalized spacial score (nSPS) is 15.8. The molecule has 0 bridgehead atoms. The van der Waals surface area contributed by atoms with Crippen molar-refractivity contribution in [3.05, 3.63) is 65.4 Å². The minimum atomic E-state index is -0.236. The van der Waals surface area contributed by atoms with Gasteiger partial charge in [-0.05, 0) is 49.4 Å². The molecule has 0 saturated heterocycles. The Morgan fingerprint density at radius 3 is 2.73 bits per heavy atom. The van der Waals surface area contributed by atoms with E-state index in [1.165, 1.54) is 0 Å². The first-order chi connectivity index (χ1) is 12.6. The highest BCUT2D eigenvalue weighted by Crippen LogP contribution is 2.27. The van der Waals surface area contributed by atoms with Crippen LogP contribution >= 0.6 is 0 Å². The molecule has 0 radical (unpaired) electrons. The van der Waals surface area contributed by atoms with Crippen LogP contribution in [0.15, 0.2) is 48.5 Å². The molecule has 1 aliphatic rings. The fourth-order valence-electron chi connectivity index (χ4n) is 3.27. The third kappa shape index (κ3) is 2.60. The lowest BCUT2D eigenvalue weighted by molar-refractivity contribution is 0.0919. The average molecular weight is 344 g/mol. The number of carbonyl (C=O) groups excluding carboxylic acids is 2. The maximum atomic E-state index is 12.6. The number of fused-ring (bicyclic) bond motifs is 3. The quantitative estimate of drug-likeness (QED) is 0.749. The first kappa shape index (κ1) is 15.9. The molecule has 2 amide bonds. The van der Waals surface area contributed by atoms with E-state index in [9.17, 15) is 9.59 Å². The fourth-order valence-corrected chi connectivity index (χ4v) is 3.27. The van der Waals surface area contributed by atoms with Crippen molar-refractivity contribution in [2.24, 2.45) is 0 Å². The van der Waals surface area contributed by atoms with Crippen LogP contribution in [0.3, 0.4) is 0 Å². The van der Waals surface area contributed by atoms with Crippen molar-refractivity contribution in [2.45, 2.75) is 13.0 Å². The van der Waals surface area contributed by atoms with Gasteiger partial charge in [-0.2, -0.15) is 5.26 Å². The third-order valence-corrected chi connectivity index (χ3v) is 4.61. The number of amides is 2. The first-order valence-electron chi connectivity index (χ1n) is 8.31. The van der Waals surface area contributed by atoms with Gasteiger partial charge in [0.1, 0.15) is 5.69 Å². The smallest absolute Gasteiger partial charge is 0.268 e. The van der Waals surface area contributed by atoms with Gasteiger partial charge in [0.15, 0.2) is 0 Å². The molecular weight excluding hydrogens is 328 g/mol. The summed E-state index contributed by atoms with van der Waals surface area (Å²) >= 11 is 0. The van der Waals surface area contributed by atoms with E-state index >= 15 is 0 Å². The van der Waals surface area contributed by atoms with E-state index in [1.54, 1.807) is 30.3 Å². The van der Waals surface area contributed by atoms with E-state index in [-0.39, 0.29) is 17.9 Å². The van der Waals surface area contributed by atoms with Crippen LogP contribution in [0.4, 0.5) is 5.69 Å². The van der Waals surface area contributed by atoms with Crippen molar-refractivity contribution < 1.29 is 9.59 Å². The molecule has 2 heterocycles. The molecule has 26 heavy (non-hydrogen) atoms. The van der Waals surface area contributed by atoms with Crippen molar-refractivity contribution in [3.8, 4) is 6.07 Å². The summed E-state index contributed by atoms with van der Waals surface area (Å²) in [6.07, 6.45) is 0. The molecule has 6 nitrogen and oxygen atoms in total. The number of nitrogens with one attached hydrogen (secondary N) is 2. The highest BCUT2D eigenvalue weighted by atomic mass is 16.2. The summed E-state index contributed by atoms with van der Waals surface area (Å²) in [7, 11) is 0. The largest absolute Gasteiger partial charge is 0.349 e. The summed E-state index contributed by atoms with van der Waals surface area (Å²) in [5.74, 6) is -0.331. The molecule has 2 aromatic carbocycles. The monoisotopic (exact) mass is 344 g/mol. The van der Waals surface area contributed by atoms with Crippen LogP contribution in [-0.4, -0.2) is 22.9 Å². The predicted octanol–water partition coefficient (Wildman–Crippen LogP) is 3.07. The van der Waals surface area contributed by atoms with Crippen LogP contribution in [0.25, 0.3) is 10.9 Å². The first-order valence-corrected chi connectivity index (χ1v) is 8.31. The summed E-state index contributed by atoms with van der Waals surface area (Å²) in [5, 5.41) is 15.5. The zero-order valence-corrected chi connectivity index (χ0v) is 14.1. The van der Waals surface area contributed by atoms with Gasteiger partial charge in [0.25, 0.3) is 11.8 Å². The zero-order valence-electron chi connectivity index (χ0n) is 14.1. The van der Waals surface area contributed by atoms with Gasteiger partial charge in [-0.25, -0.2) is 0 Å². The molecule has 6 heteroatoms. The third-order valence-electron chi connectivity index (χ3n) is 4.61. The molecule has 1 atom stereocenters. The summed E-state index contributed by atoms with van der Waals surface area (Å²) in [5.41, 5.74) is 3.16. The molecular formula is C20H16N4O2. The molecule has 3 aromatic rings. The van der Waals surface area contributed by atoms with Crippen molar-refractivity contribution in [3.63, 3.8) is 0 Å². The summed E-state index contributed by atoms with van der Waals surface area (Å²) < 4.78 is 1.98. The van der Waals surface area contributed by atoms with Gasteiger partial charge in [-0.15, -0.1) is 0 Å². The number of benzene rings is 2. The molecule has 0 saturated carbocycles. The van der Waals surface area contributed by atoms with E-state index in [0.717, 1.165) is 10.9 Å². The average Bonchev–Trinajstić information content (AvgIpc) is 3.05. The van der Waals surface area contributed by atoms with E-state index in [0.29, 0.717) is 29.1 Å². The maximum absolute atomic E-state index is 12.6. The molecule has 1 aromatic heterocycles. The summed E-state index contributed by atoms with van der Waals surface area (Å²) in [6, 6.07) is 16.1. The van der Waals surface area contributed by atoms with Gasteiger partial charge >= 0.3 is 0 Å².